The Morgan fingerprint density at radius 1 is 0.773 bits per heavy atom. The molecule has 4 aliphatic heterocycles. The van der Waals surface area contributed by atoms with E-state index >= 15 is 0 Å². The lowest BCUT2D eigenvalue weighted by Crippen LogP contribution is -2.68. The number of hydrogen-bond donors (Lipinski definition) is 9. The molecule has 0 aromatic heterocycles. The molecule has 374 valence electrons. The zero-order valence-corrected chi connectivity index (χ0v) is 39.6. The number of amides is 1. The van der Waals surface area contributed by atoms with Crippen molar-refractivity contribution >= 4 is 11.9 Å². The molecule has 0 radical (unpaired) electrons. The van der Waals surface area contributed by atoms with Gasteiger partial charge in [0.05, 0.1) is 32.0 Å². The Balaban J connectivity index is 0.925. The molecule has 2 bridgehead atoms. The van der Waals surface area contributed by atoms with Gasteiger partial charge in [-0.15, -0.1) is 0 Å². The Bertz CT molecular complexity index is 1900. The first-order chi connectivity index (χ1) is 30.8. The van der Waals surface area contributed by atoms with Gasteiger partial charge in [-0.1, -0.05) is 60.1 Å². The molecule has 1 amide bonds. The number of rotatable bonds is 8. The molecule has 9 aliphatic rings. The minimum absolute atomic E-state index is 0.0769. The molecule has 4 saturated carbocycles. The van der Waals surface area contributed by atoms with Crippen LogP contribution in [0.3, 0.4) is 0 Å². The number of nitrogens with one attached hydrogen (secondary N) is 1. The van der Waals surface area contributed by atoms with E-state index in [1.54, 1.807) is 0 Å². The van der Waals surface area contributed by atoms with Crippen molar-refractivity contribution in [1.29, 1.82) is 0 Å². The standard InChI is InChI=1S/C48H75NO17/c1-21(50)49-32-36(57)35(56)26(20-62-41-38(34(55)25(52)19-61-41)66-40-37(58)33(54)24(51)18-60-40)63-39(32)64-30-12-13-45(6)27(44(30,4)5)11-14-46(7)28(45)10-9-22-23-15-43(2,3)31-17-48(23,42(59)65-31)29(53)16-47(22,46)8/h9,23-41,51-58H,10-20H2,1-8H3,(H,49,50)/t23-,24+,25+,26+,27-,28+,29+,30-,31-,32+,33-,34+,35+,36+,37+,38+,39-,40-,41+,45+,46+,47+,48+/m0/s1. The Morgan fingerprint density at radius 3 is 2.15 bits per heavy atom. The van der Waals surface area contributed by atoms with Crippen LogP contribution in [-0.4, -0.2) is 171 Å². The molecule has 0 aromatic carbocycles. The maximum Gasteiger partial charge on any atom is 0.315 e. The van der Waals surface area contributed by atoms with Crippen LogP contribution in [-0.2, 0) is 42.7 Å². The average molecular weight is 938 g/mol. The summed E-state index contributed by atoms with van der Waals surface area (Å²) in [6, 6.07) is -1.15. The van der Waals surface area contributed by atoms with E-state index in [1.165, 1.54) is 12.5 Å². The van der Waals surface area contributed by atoms with Crippen molar-refractivity contribution in [3.63, 3.8) is 0 Å². The van der Waals surface area contributed by atoms with Gasteiger partial charge in [0.15, 0.2) is 18.9 Å². The highest BCUT2D eigenvalue weighted by atomic mass is 16.8. The topological polar surface area (TPSA) is 273 Å². The third kappa shape index (κ3) is 7.31. The summed E-state index contributed by atoms with van der Waals surface area (Å²) in [6.07, 6.45) is -10.7. The van der Waals surface area contributed by atoms with Gasteiger partial charge in [0, 0.05) is 18.8 Å². The summed E-state index contributed by atoms with van der Waals surface area (Å²) < 4.78 is 42.1. The monoisotopic (exact) mass is 938 g/mol. The summed E-state index contributed by atoms with van der Waals surface area (Å²) >= 11 is 0. The van der Waals surface area contributed by atoms with Crippen LogP contribution in [0.15, 0.2) is 11.6 Å². The zero-order valence-electron chi connectivity index (χ0n) is 39.6. The normalized spacial score (nSPS) is 53.8. The van der Waals surface area contributed by atoms with E-state index in [2.05, 4.69) is 59.9 Å². The van der Waals surface area contributed by atoms with E-state index in [4.69, 9.17) is 33.2 Å². The minimum Gasteiger partial charge on any atom is -0.461 e. The highest BCUT2D eigenvalue weighted by molar-refractivity contribution is 5.82. The number of ether oxygens (including phenoxy) is 7. The van der Waals surface area contributed by atoms with E-state index in [9.17, 15) is 50.4 Å². The van der Waals surface area contributed by atoms with Crippen molar-refractivity contribution in [1.82, 2.24) is 5.32 Å². The Labute approximate surface area is 386 Å². The molecule has 0 aromatic rings. The number of esters is 1. The molecule has 4 saturated heterocycles. The number of allylic oxidation sites excluding steroid dienone is 2. The summed E-state index contributed by atoms with van der Waals surface area (Å²) in [7, 11) is 0. The first-order valence-electron chi connectivity index (χ1n) is 24.3. The fourth-order valence-electron chi connectivity index (χ4n) is 15.4. The molecule has 0 unspecified atom stereocenters. The zero-order chi connectivity index (χ0) is 47.8. The van der Waals surface area contributed by atoms with Gasteiger partial charge in [-0.25, -0.2) is 0 Å². The van der Waals surface area contributed by atoms with Gasteiger partial charge >= 0.3 is 5.97 Å². The van der Waals surface area contributed by atoms with Crippen LogP contribution in [0.1, 0.15) is 107 Å². The van der Waals surface area contributed by atoms with Gasteiger partial charge < -0.3 is 79.3 Å². The van der Waals surface area contributed by atoms with Crippen LogP contribution >= 0.6 is 0 Å². The lowest BCUT2D eigenvalue weighted by Gasteiger charge is -2.71. The van der Waals surface area contributed by atoms with Gasteiger partial charge in [-0.3, -0.25) is 9.59 Å². The highest BCUT2D eigenvalue weighted by Crippen LogP contribution is 2.76. The number of carbonyl (C=O) groups excluding carboxylic acids is 2. The molecule has 9 rings (SSSR count). The smallest absolute Gasteiger partial charge is 0.315 e. The van der Waals surface area contributed by atoms with Crippen molar-refractivity contribution in [3.8, 4) is 0 Å². The lowest BCUT2D eigenvalue weighted by molar-refractivity contribution is -0.352. The molecule has 18 nitrogen and oxygen atoms in total. The summed E-state index contributed by atoms with van der Waals surface area (Å²) in [5.74, 6) is -0.317. The number of aliphatic hydroxyl groups is 8. The molecular formula is C48H75NO17. The SMILES string of the molecule is CC(=O)N[C@H]1[C@H](O[C@H]2CC[C@@]3(C)[C@H]4CC=C5[C@@H]6CC(C)(C)[C@@H]7C[C@]6(C(=O)O7)[C@H](O)C[C@@]5(C)[C@]4(C)CC[C@H]3C2(C)C)O[C@H](CO[C@H]2OC[C@@H](O)[C@@H](O)[C@H]2O[C@@H]2OC[C@@H](O)[C@H](O)[C@H]2O)[C@@H](O)[C@@H]1O. The highest BCUT2D eigenvalue weighted by Gasteiger charge is 2.74. The molecule has 66 heavy (non-hydrogen) atoms. The Kier molecular flexibility index (Phi) is 12.6. The maximum absolute atomic E-state index is 13.7. The van der Waals surface area contributed by atoms with Crippen molar-refractivity contribution in [3.05, 3.63) is 11.6 Å². The van der Waals surface area contributed by atoms with E-state index < -0.39 is 115 Å². The molecular weight excluding hydrogens is 863 g/mol. The second kappa shape index (κ2) is 16.9. The second-order valence-corrected chi connectivity index (χ2v) is 23.6. The van der Waals surface area contributed by atoms with Crippen molar-refractivity contribution < 1.29 is 83.6 Å². The second-order valence-electron chi connectivity index (χ2n) is 23.6. The number of carbonyl (C=O) groups is 2. The molecule has 4 heterocycles. The predicted molar refractivity (Wildman–Crippen MR) is 229 cm³/mol. The maximum atomic E-state index is 13.7. The van der Waals surface area contributed by atoms with Crippen LogP contribution in [0.4, 0.5) is 0 Å². The van der Waals surface area contributed by atoms with Gasteiger partial charge in [-0.2, -0.15) is 0 Å². The van der Waals surface area contributed by atoms with Crippen LogP contribution in [0, 0.1) is 50.2 Å². The number of hydrogen-bond acceptors (Lipinski definition) is 17. The molecule has 5 aliphatic carbocycles. The average Bonchev–Trinajstić information content (AvgIpc) is 3.57. The Morgan fingerprint density at radius 2 is 1.45 bits per heavy atom. The summed E-state index contributed by atoms with van der Waals surface area (Å²) in [5, 5.41) is 89.8. The summed E-state index contributed by atoms with van der Waals surface area (Å²) in [5.41, 5.74) is -0.823. The fourth-order valence-corrected chi connectivity index (χ4v) is 15.4. The van der Waals surface area contributed by atoms with Crippen LogP contribution in [0.25, 0.3) is 0 Å². The van der Waals surface area contributed by atoms with Gasteiger partial charge in [0.25, 0.3) is 0 Å². The predicted octanol–water partition coefficient (Wildman–Crippen LogP) is 0.550. The number of fused-ring (bicyclic) bond motifs is 7. The minimum atomic E-state index is -1.71. The molecule has 18 heteroatoms. The van der Waals surface area contributed by atoms with Crippen molar-refractivity contribution in [2.24, 2.45) is 50.2 Å². The molecule has 9 N–H and O–H groups in total. The third-order valence-corrected chi connectivity index (χ3v) is 19.4. The number of aliphatic hydroxyl groups excluding tert-OH is 8. The van der Waals surface area contributed by atoms with Crippen molar-refractivity contribution in [2.75, 3.05) is 19.8 Å². The van der Waals surface area contributed by atoms with Gasteiger partial charge in [0.1, 0.15) is 72.5 Å². The summed E-state index contributed by atoms with van der Waals surface area (Å²) in [6.45, 7) is 16.1. The van der Waals surface area contributed by atoms with E-state index in [0.717, 1.165) is 32.1 Å². The molecule has 1 spiro atoms. The first kappa shape index (κ1) is 49.1. The third-order valence-electron chi connectivity index (χ3n) is 19.4. The fraction of sp³-hybridized carbons (Fsp3) is 0.917. The van der Waals surface area contributed by atoms with E-state index in [0.29, 0.717) is 19.3 Å². The van der Waals surface area contributed by atoms with Crippen molar-refractivity contribution in [2.45, 2.75) is 205 Å². The summed E-state index contributed by atoms with van der Waals surface area (Å²) in [4.78, 5) is 26.3. The van der Waals surface area contributed by atoms with Gasteiger partial charge in [0.2, 0.25) is 5.91 Å². The van der Waals surface area contributed by atoms with Gasteiger partial charge in [-0.05, 0) is 84.4 Å². The first-order valence-corrected chi connectivity index (χ1v) is 24.3. The Hall–Kier alpha value is -1.88. The molecule has 8 fully saturated rings. The lowest BCUT2D eigenvalue weighted by atomic mass is 9.33. The van der Waals surface area contributed by atoms with Crippen LogP contribution in [0.5, 0.6) is 0 Å². The van der Waals surface area contributed by atoms with E-state index in [1.807, 2.05) is 0 Å². The van der Waals surface area contributed by atoms with Crippen LogP contribution in [0.2, 0.25) is 0 Å². The molecule has 23 atom stereocenters. The largest absolute Gasteiger partial charge is 0.461 e. The quantitative estimate of drug-likeness (QED) is 0.0914. The van der Waals surface area contributed by atoms with Crippen LogP contribution < -0.4 is 5.32 Å². The van der Waals surface area contributed by atoms with E-state index in [-0.39, 0.29) is 64.7 Å².